The molecule has 0 N–H and O–H groups in total. The minimum Gasteiger partial charge on any atom is -0.380 e. The minimum atomic E-state index is -4.54. The van der Waals surface area contributed by atoms with Gasteiger partial charge in [-0.3, -0.25) is 0 Å². The predicted octanol–water partition coefficient (Wildman–Crippen LogP) is 2.88. The molecule has 16 heavy (non-hydrogen) atoms. The van der Waals surface area contributed by atoms with Gasteiger partial charge in [-0.25, -0.2) is 4.18 Å². The van der Waals surface area contributed by atoms with Crippen molar-refractivity contribution in [3.8, 4) is 5.75 Å². The Balaban J connectivity index is 2.43. The van der Waals surface area contributed by atoms with Crippen LogP contribution in [-0.2, 0) is 15.5 Å². The maximum Gasteiger partial charge on any atom is 0.413 e. The summed E-state index contributed by atoms with van der Waals surface area (Å²) in [5, 5.41) is 0.425. The van der Waals surface area contributed by atoms with Crippen molar-refractivity contribution in [3.63, 3.8) is 0 Å². The summed E-state index contributed by atoms with van der Waals surface area (Å²) in [6, 6.07) is 5.60. The first kappa shape index (κ1) is 13.3. The average Bonchev–Trinajstić information content (AvgIpc) is 2.18. The van der Waals surface area contributed by atoms with E-state index in [1.54, 1.807) is 0 Å². The Morgan fingerprint density at radius 1 is 1.25 bits per heavy atom. The van der Waals surface area contributed by atoms with Gasteiger partial charge in [-0.15, -0.1) is 0 Å². The highest BCUT2D eigenvalue weighted by Crippen LogP contribution is 2.18. The third-order valence-corrected chi connectivity index (χ3v) is 2.19. The lowest BCUT2D eigenvalue weighted by molar-refractivity contribution is -0.152. The van der Waals surface area contributed by atoms with Crippen LogP contribution in [0.5, 0.6) is 5.75 Å². The summed E-state index contributed by atoms with van der Waals surface area (Å²) < 4.78 is 54.4. The molecule has 90 valence electrons. The average molecular weight is 275 g/mol. The summed E-state index contributed by atoms with van der Waals surface area (Å²) in [6.07, 6.45) is -4.54. The maximum absolute atomic E-state index is 11.7. The fourth-order valence-electron chi connectivity index (χ4n) is 0.708. The number of benzene rings is 1. The minimum absolute atomic E-state index is 0.102. The molecule has 0 saturated carbocycles. The molecule has 1 aromatic carbocycles. The van der Waals surface area contributed by atoms with E-state index in [2.05, 4.69) is 8.37 Å². The number of rotatable bonds is 4. The Labute approximate surface area is 97.0 Å². The molecule has 1 atom stereocenters. The van der Waals surface area contributed by atoms with E-state index in [0.29, 0.717) is 5.02 Å². The van der Waals surface area contributed by atoms with E-state index in [1.807, 2.05) is 0 Å². The summed E-state index contributed by atoms with van der Waals surface area (Å²) in [5.41, 5.74) is 0. The Bertz CT molecular complexity index is 366. The van der Waals surface area contributed by atoms with E-state index < -0.39 is 24.1 Å². The van der Waals surface area contributed by atoms with Gasteiger partial charge < -0.3 is 4.18 Å². The second kappa shape index (κ2) is 5.51. The molecule has 1 unspecified atom stereocenters. The van der Waals surface area contributed by atoms with E-state index in [-0.39, 0.29) is 5.75 Å². The smallest absolute Gasteiger partial charge is 0.380 e. The monoisotopic (exact) mass is 274 g/mol. The molecule has 0 aliphatic heterocycles. The molecule has 3 nitrogen and oxygen atoms in total. The molecule has 1 aromatic rings. The molecular weight excluding hydrogens is 269 g/mol. The molecule has 1 rings (SSSR count). The fourth-order valence-corrected chi connectivity index (χ4v) is 1.38. The molecule has 0 aromatic heterocycles. The summed E-state index contributed by atoms with van der Waals surface area (Å²) in [5.74, 6) is 0.102. The van der Waals surface area contributed by atoms with E-state index in [4.69, 9.17) is 11.6 Å². The zero-order valence-electron chi connectivity index (χ0n) is 7.66. The van der Waals surface area contributed by atoms with Gasteiger partial charge in [-0.2, -0.15) is 17.4 Å². The van der Waals surface area contributed by atoms with Crippen LogP contribution in [0.15, 0.2) is 24.3 Å². The third-order valence-electron chi connectivity index (χ3n) is 1.30. The van der Waals surface area contributed by atoms with Crippen LogP contribution in [0.3, 0.4) is 0 Å². The molecule has 0 heterocycles. The summed E-state index contributed by atoms with van der Waals surface area (Å²) in [7, 11) is 0. The van der Waals surface area contributed by atoms with Crippen molar-refractivity contribution in [2.75, 3.05) is 6.61 Å². The molecular formula is C8H6ClF3O3S. The second-order valence-corrected chi connectivity index (χ2v) is 3.87. The van der Waals surface area contributed by atoms with E-state index in [1.165, 1.54) is 24.3 Å². The van der Waals surface area contributed by atoms with Gasteiger partial charge in [0.25, 0.3) is 0 Å². The second-order valence-electron chi connectivity index (χ2n) is 2.62. The molecule has 0 radical (unpaired) electrons. The lowest BCUT2D eigenvalue weighted by Crippen LogP contribution is -2.19. The maximum atomic E-state index is 11.7. The lowest BCUT2D eigenvalue weighted by atomic mass is 10.3. The Hall–Kier alpha value is -0.790. The van der Waals surface area contributed by atoms with Gasteiger partial charge in [0.2, 0.25) is 0 Å². The molecule has 0 fully saturated rings. The Kier molecular flexibility index (Phi) is 4.57. The first-order chi connectivity index (χ1) is 7.37. The van der Waals surface area contributed by atoms with Crippen molar-refractivity contribution in [2.45, 2.75) is 6.18 Å². The molecule has 0 bridgehead atoms. The van der Waals surface area contributed by atoms with Gasteiger partial charge in [-0.05, 0) is 24.3 Å². The van der Waals surface area contributed by atoms with Crippen LogP contribution >= 0.6 is 11.6 Å². The lowest BCUT2D eigenvalue weighted by Gasteiger charge is -2.07. The number of hydrogen-bond acceptors (Lipinski definition) is 3. The number of halogens is 4. The number of hydrogen-bond donors (Lipinski definition) is 0. The largest absolute Gasteiger partial charge is 0.413 e. The molecule has 0 amide bonds. The standard InChI is InChI=1S/C8H6ClF3O3S/c9-6-1-3-7(4-2-6)15-16(13)14-5-8(10,11)12/h1-4H,5H2. The highest BCUT2D eigenvalue weighted by Gasteiger charge is 2.29. The van der Waals surface area contributed by atoms with Gasteiger partial charge in [0.05, 0.1) is 0 Å². The van der Waals surface area contributed by atoms with E-state index in [0.717, 1.165) is 0 Å². The van der Waals surface area contributed by atoms with Crippen LogP contribution in [0, 0.1) is 0 Å². The van der Waals surface area contributed by atoms with Crippen molar-refractivity contribution in [3.05, 3.63) is 29.3 Å². The van der Waals surface area contributed by atoms with Crippen molar-refractivity contribution >= 4 is 23.0 Å². The van der Waals surface area contributed by atoms with E-state index >= 15 is 0 Å². The highest BCUT2D eigenvalue weighted by atomic mass is 35.5. The van der Waals surface area contributed by atoms with Crippen molar-refractivity contribution < 1.29 is 25.7 Å². The predicted molar refractivity (Wildman–Crippen MR) is 52.2 cm³/mol. The normalized spacial score (nSPS) is 13.5. The first-order valence-electron chi connectivity index (χ1n) is 3.92. The van der Waals surface area contributed by atoms with Gasteiger partial charge >= 0.3 is 17.5 Å². The first-order valence-corrected chi connectivity index (χ1v) is 5.30. The molecule has 0 saturated heterocycles. The molecule has 8 heteroatoms. The summed E-state index contributed by atoms with van der Waals surface area (Å²) in [4.78, 5) is 0. The zero-order valence-corrected chi connectivity index (χ0v) is 9.23. The van der Waals surface area contributed by atoms with Crippen molar-refractivity contribution in [1.82, 2.24) is 0 Å². The molecule has 0 aliphatic carbocycles. The quantitative estimate of drug-likeness (QED) is 0.847. The van der Waals surface area contributed by atoms with Crippen LogP contribution < -0.4 is 4.18 Å². The van der Waals surface area contributed by atoms with Gasteiger partial charge in [0.1, 0.15) is 5.75 Å². The fraction of sp³-hybridized carbons (Fsp3) is 0.250. The van der Waals surface area contributed by atoms with Crippen molar-refractivity contribution in [1.29, 1.82) is 0 Å². The van der Waals surface area contributed by atoms with Crippen LogP contribution in [0.2, 0.25) is 5.02 Å². The molecule has 0 spiro atoms. The van der Waals surface area contributed by atoms with Crippen LogP contribution in [0.25, 0.3) is 0 Å². The van der Waals surface area contributed by atoms with Gasteiger partial charge in [-0.1, -0.05) is 11.6 Å². The summed E-state index contributed by atoms with van der Waals surface area (Å²) >= 11 is 3.07. The highest BCUT2D eigenvalue weighted by molar-refractivity contribution is 7.75. The SMILES string of the molecule is O=S(OCC(F)(F)F)Oc1ccc(Cl)cc1. The van der Waals surface area contributed by atoms with E-state index in [9.17, 15) is 17.4 Å². The van der Waals surface area contributed by atoms with Gasteiger partial charge in [0.15, 0.2) is 6.61 Å². The van der Waals surface area contributed by atoms with Gasteiger partial charge in [0, 0.05) is 5.02 Å². The van der Waals surface area contributed by atoms with Crippen LogP contribution in [0.1, 0.15) is 0 Å². The molecule has 0 aliphatic rings. The topological polar surface area (TPSA) is 35.5 Å². The third kappa shape index (κ3) is 5.34. The van der Waals surface area contributed by atoms with Crippen molar-refractivity contribution in [2.24, 2.45) is 0 Å². The number of alkyl halides is 3. The summed E-state index contributed by atoms with van der Waals surface area (Å²) in [6.45, 7) is -1.63. The zero-order chi connectivity index (χ0) is 12.2. The Morgan fingerprint density at radius 2 is 1.81 bits per heavy atom. The van der Waals surface area contributed by atoms with Crippen LogP contribution in [-0.4, -0.2) is 17.0 Å². The van der Waals surface area contributed by atoms with Crippen LogP contribution in [0.4, 0.5) is 13.2 Å². The Morgan fingerprint density at radius 3 is 2.31 bits per heavy atom.